The van der Waals surface area contributed by atoms with Gasteiger partial charge in [0.05, 0.1) is 15.4 Å². The van der Waals surface area contributed by atoms with Crippen LogP contribution in [0.4, 0.5) is 5.69 Å². The molecule has 0 aliphatic rings. The van der Waals surface area contributed by atoms with E-state index in [1.165, 1.54) is 36.4 Å². The highest BCUT2D eigenvalue weighted by molar-refractivity contribution is 7.91. The molecule has 4 rings (SSSR count). The summed E-state index contributed by atoms with van der Waals surface area (Å²) >= 11 is 0. The van der Waals surface area contributed by atoms with Gasteiger partial charge in [-0.2, -0.15) is 0 Å². The molecule has 0 aliphatic carbocycles. The second-order valence-electron chi connectivity index (χ2n) is 8.15. The minimum absolute atomic E-state index is 0.313. The van der Waals surface area contributed by atoms with Crippen LogP contribution in [-0.4, -0.2) is 25.1 Å². The van der Waals surface area contributed by atoms with Crippen LogP contribution in [0.1, 0.15) is 37.9 Å². The van der Waals surface area contributed by atoms with Crippen LogP contribution in [0.3, 0.4) is 0 Å². The molecule has 0 heterocycles. The smallest absolute Gasteiger partial charge is 0.340 e. The molecule has 0 N–H and O–H groups in total. The highest BCUT2D eigenvalue weighted by atomic mass is 32.2. The van der Waals surface area contributed by atoms with Gasteiger partial charge >= 0.3 is 5.97 Å². The molecular weight excluding hydrogens is 494 g/mol. The third-order valence-electron chi connectivity index (χ3n) is 5.65. The number of sulfone groups is 1. The Morgan fingerprint density at radius 1 is 0.784 bits per heavy atom. The fraction of sp³-hybridized carbons (Fsp3) is 0.0714. The van der Waals surface area contributed by atoms with E-state index in [2.05, 4.69) is 0 Å². The number of ketones is 1. The van der Waals surface area contributed by atoms with Crippen LogP contribution < -0.4 is 0 Å². The van der Waals surface area contributed by atoms with Crippen molar-refractivity contribution >= 4 is 27.3 Å². The topological polar surface area (TPSA) is 121 Å². The molecule has 0 saturated heterocycles. The van der Waals surface area contributed by atoms with Gasteiger partial charge in [-0.3, -0.25) is 14.9 Å². The predicted molar refractivity (Wildman–Crippen MR) is 135 cm³/mol. The molecule has 0 amide bonds. The number of ether oxygens (including phenoxy) is 1. The zero-order valence-electron chi connectivity index (χ0n) is 19.6. The number of para-hydroxylation sites is 1. The Morgan fingerprint density at radius 2 is 1.35 bits per heavy atom. The largest absolute Gasteiger partial charge is 0.445 e. The number of nitro benzene ring substituents is 1. The minimum atomic E-state index is -4.50. The quantitative estimate of drug-likeness (QED) is 0.131. The molecule has 0 saturated carbocycles. The Kier molecular flexibility index (Phi) is 7.26. The summed E-state index contributed by atoms with van der Waals surface area (Å²) in [4.78, 5) is 36.4. The average molecular weight is 516 g/mol. The first-order valence-corrected chi connectivity index (χ1v) is 12.6. The molecule has 9 heteroatoms. The lowest BCUT2D eigenvalue weighted by atomic mass is 9.99. The minimum Gasteiger partial charge on any atom is -0.445 e. The first-order valence-electron chi connectivity index (χ1n) is 11.1. The molecule has 0 aliphatic heterocycles. The fourth-order valence-corrected chi connectivity index (χ4v) is 5.37. The maximum Gasteiger partial charge on any atom is 0.340 e. The van der Waals surface area contributed by atoms with E-state index >= 15 is 0 Å². The maximum atomic E-state index is 13.4. The van der Waals surface area contributed by atoms with Gasteiger partial charge in [0.1, 0.15) is 4.90 Å². The van der Waals surface area contributed by atoms with Gasteiger partial charge in [-0.1, -0.05) is 84.4 Å². The first kappa shape index (κ1) is 25.5. The van der Waals surface area contributed by atoms with Crippen molar-refractivity contribution in [2.45, 2.75) is 22.8 Å². The number of hydrogen-bond acceptors (Lipinski definition) is 7. The summed E-state index contributed by atoms with van der Waals surface area (Å²) in [6, 6.07) is 25.2. The third kappa shape index (κ3) is 5.31. The van der Waals surface area contributed by atoms with Crippen molar-refractivity contribution < 1.29 is 27.7 Å². The molecular formula is C28H21NO7S. The average Bonchev–Trinajstić information content (AvgIpc) is 2.92. The molecule has 186 valence electrons. The van der Waals surface area contributed by atoms with Gasteiger partial charge in [-0.15, -0.1) is 0 Å². The first-order chi connectivity index (χ1) is 17.7. The highest BCUT2D eigenvalue weighted by Crippen LogP contribution is 2.32. The summed E-state index contributed by atoms with van der Waals surface area (Å²) in [7, 11) is -4.50. The predicted octanol–water partition coefficient (Wildman–Crippen LogP) is 5.52. The summed E-state index contributed by atoms with van der Waals surface area (Å²) in [6.45, 7) is 1.87. The molecule has 4 aromatic rings. The molecule has 0 bridgehead atoms. The third-order valence-corrected chi connectivity index (χ3v) is 7.51. The Labute approximate surface area is 213 Å². The van der Waals surface area contributed by atoms with Gasteiger partial charge in [-0.25, -0.2) is 13.2 Å². The summed E-state index contributed by atoms with van der Waals surface area (Å²) < 4.78 is 32.5. The van der Waals surface area contributed by atoms with Crippen LogP contribution in [0.15, 0.2) is 113 Å². The second kappa shape index (κ2) is 10.5. The summed E-state index contributed by atoms with van der Waals surface area (Å²) in [5.41, 5.74) is 0.688. The monoisotopic (exact) mass is 515 g/mol. The van der Waals surface area contributed by atoms with E-state index in [1.54, 1.807) is 54.6 Å². The Balaban J connectivity index is 1.76. The number of nitro groups is 1. The second-order valence-corrected chi connectivity index (χ2v) is 10.0. The van der Waals surface area contributed by atoms with Gasteiger partial charge in [0, 0.05) is 17.2 Å². The number of aryl methyl sites for hydroxylation is 1. The van der Waals surface area contributed by atoms with E-state index in [0.29, 0.717) is 11.1 Å². The zero-order chi connectivity index (χ0) is 26.6. The number of esters is 1. The molecule has 0 fully saturated rings. The van der Waals surface area contributed by atoms with Crippen LogP contribution in [0.25, 0.3) is 0 Å². The molecule has 8 nitrogen and oxygen atoms in total. The van der Waals surface area contributed by atoms with Crippen molar-refractivity contribution in [1.82, 2.24) is 0 Å². The van der Waals surface area contributed by atoms with Crippen LogP contribution in [-0.2, 0) is 14.6 Å². The van der Waals surface area contributed by atoms with Crippen molar-refractivity contribution in [3.63, 3.8) is 0 Å². The fourth-order valence-electron chi connectivity index (χ4n) is 3.76. The molecule has 37 heavy (non-hydrogen) atoms. The standard InChI is InChI=1S/C28H21NO7S/c1-19-15-17-20(18-16-19)26(30)27(21-9-3-2-4-10-21)36-28(31)22-11-5-7-13-24(22)37(34,35)25-14-8-6-12-23(25)29(32)33/h2-18,27H,1H3/t27-/m1/s1. The van der Waals surface area contributed by atoms with Gasteiger partial charge in [0.2, 0.25) is 15.6 Å². The number of carbonyl (C=O) groups is 2. The van der Waals surface area contributed by atoms with E-state index in [0.717, 1.165) is 17.7 Å². The van der Waals surface area contributed by atoms with Crippen LogP contribution >= 0.6 is 0 Å². The maximum absolute atomic E-state index is 13.4. The van der Waals surface area contributed by atoms with Crippen molar-refractivity contribution in [3.05, 3.63) is 135 Å². The van der Waals surface area contributed by atoms with E-state index in [-0.39, 0.29) is 5.56 Å². The summed E-state index contributed by atoms with van der Waals surface area (Å²) in [5, 5.41) is 11.5. The van der Waals surface area contributed by atoms with Crippen molar-refractivity contribution in [3.8, 4) is 0 Å². The molecule has 1 atom stereocenters. The van der Waals surface area contributed by atoms with E-state index in [9.17, 15) is 28.1 Å². The van der Waals surface area contributed by atoms with Crippen LogP contribution in [0.2, 0.25) is 0 Å². The summed E-state index contributed by atoms with van der Waals surface area (Å²) in [6.07, 6.45) is -1.35. The molecule has 0 radical (unpaired) electrons. The van der Waals surface area contributed by atoms with Crippen molar-refractivity contribution in [2.75, 3.05) is 0 Å². The molecule has 0 unspecified atom stereocenters. The molecule has 0 aromatic heterocycles. The highest BCUT2D eigenvalue weighted by Gasteiger charge is 2.33. The number of carbonyl (C=O) groups excluding carboxylic acids is 2. The number of rotatable bonds is 8. The van der Waals surface area contributed by atoms with Crippen molar-refractivity contribution in [1.29, 1.82) is 0 Å². The lowest BCUT2D eigenvalue weighted by Crippen LogP contribution is -2.22. The molecule has 4 aromatic carbocycles. The number of Topliss-reactive ketones (excluding diaryl/α,β-unsaturated/α-hetero) is 1. The van der Waals surface area contributed by atoms with E-state index in [4.69, 9.17) is 4.74 Å². The van der Waals surface area contributed by atoms with E-state index in [1.807, 2.05) is 6.92 Å². The Hall–Kier alpha value is -4.63. The van der Waals surface area contributed by atoms with E-state index < -0.39 is 48.1 Å². The number of nitrogens with zero attached hydrogens (tertiary/aromatic N) is 1. The molecule has 0 spiro atoms. The van der Waals surface area contributed by atoms with Crippen LogP contribution in [0.5, 0.6) is 0 Å². The van der Waals surface area contributed by atoms with Gasteiger partial charge < -0.3 is 4.74 Å². The summed E-state index contributed by atoms with van der Waals surface area (Å²) in [5.74, 6) is -1.55. The Morgan fingerprint density at radius 3 is 2.00 bits per heavy atom. The SMILES string of the molecule is Cc1ccc(C(=O)[C@H](OC(=O)c2ccccc2S(=O)(=O)c2ccccc2[N+](=O)[O-])c2ccccc2)cc1. The van der Waals surface area contributed by atoms with Crippen LogP contribution in [0, 0.1) is 17.0 Å². The van der Waals surface area contributed by atoms with Gasteiger partial charge in [-0.05, 0) is 25.1 Å². The number of hydrogen-bond donors (Lipinski definition) is 0. The number of benzene rings is 4. The lowest BCUT2D eigenvalue weighted by molar-refractivity contribution is -0.387. The zero-order valence-corrected chi connectivity index (χ0v) is 20.4. The lowest BCUT2D eigenvalue weighted by Gasteiger charge is -2.19. The van der Waals surface area contributed by atoms with Gasteiger partial charge in [0.25, 0.3) is 5.69 Å². The van der Waals surface area contributed by atoms with Gasteiger partial charge in [0.15, 0.2) is 6.10 Å². The normalized spacial score (nSPS) is 11.9. The van der Waals surface area contributed by atoms with Crippen molar-refractivity contribution in [2.24, 2.45) is 0 Å². The Bertz CT molecular complexity index is 1580.